The Labute approximate surface area is 147 Å². The van der Waals surface area contributed by atoms with Crippen LogP contribution in [0.5, 0.6) is 0 Å². The average Bonchev–Trinajstić information content (AvgIpc) is 3.13. The van der Waals surface area contributed by atoms with Crippen LogP contribution in [0, 0.1) is 28.4 Å². The van der Waals surface area contributed by atoms with Gasteiger partial charge in [0.25, 0.3) is 5.69 Å². The first kappa shape index (κ1) is 15.5. The van der Waals surface area contributed by atoms with Crippen molar-refractivity contribution in [3.8, 4) is 6.07 Å². The fourth-order valence-corrected chi connectivity index (χ4v) is 2.88. The largest absolute Gasteiger partial charge is 0.269 e. The van der Waals surface area contributed by atoms with E-state index >= 15 is 0 Å². The minimum atomic E-state index is -0.444. The third-order valence-electron chi connectivity index (χ3n) is 4.11. The van der Waals surface area contributed by atoms with Crippen LogP contribution in [-0.4, -0.2) is 25.2 Å². The predicted octanol–water partition coefficient (Wildman–Crippen LogP) is 3.26. The van der Waals surface area contributed by atoms with Crippen molar-refractivity contribution in [2.24, 2.45) is 5.10 Å². The lowest BCUT2D eigenvalue weighted by molar-refractivity contribution is -0.384. The molecule has 0 aliphatic carbocycles. The Kier molecular flexibility index (Phi) is 3.48. The summed E-state index contributed by atoms with van der Waals surface area (Å²) in [5, 5.41) is 24.7. The van der Waals surface area contributed by atoms with Gasteiger partial charge in [-0.25, -0.2) is 4.98 Å². The molecule has 0 atom stereocenters. The van der Waals surface area contributed by atoms with Crippen molar-refractivity contribution in [2.45, 2.75) is 6.92 Å². The van der Waals surface area contributed by atoms with E-state index in [-0.39, 0.29) is 5.69 Å². The summed E-state index contributed by atoms with van der Waals surface area (Å²) in [5.41, 5.74) is 3.49. The maximum Gasteiger partial charge on any atom is 0.269 e. The third-order valence-corrected chi connectivity index (χ3v) is 4.11. The minimum Gasteiger partial charge on any atom is -0.266 e. The molecular formula is C18H12N6O2. The number of nitro groups is 1. The van der Waals surface area contributed by atoms with Gasteiger partial charge in [-0.05, 0) is 36.8 Å². The first-order chi connectivity index (χ1) is 12.6. The highest BCUT2D eigenvalue weighted by molar-refractivity contribution is 5.85. The highest BCUT2D eigenvalue weighted by Gasteiger charge is 2.17. The maximum absolute atomic E-state index is 10.7. The summed E-state index contributed by atoms with van der Waals surface area (Å²) < 4.78 is 3.43. The van der Waals surface area contributed by atoms with Gasteiger partial charge in [0.2, 0.25) is 5.78 Å². The van der Waals surface area contributed by atoms with Crippen LogP contribution in [0.1, 0.15) is 17.0 Å². The molecule has 2 heterocycles. The van der Waals surface area contributed by atoms with Gasteiger partial charge in [-0.15, -0.1) is 0 Å². The topological polar surface area (TPSA) is 102 Å². The lowest BCUT2D eigenvalue weighted by Gasteiger charge is -1.97. The number of aromatic nitrogens is 3. The quantitative estimate of drug-likeness (QED) is 0.323. The number of nitriles is 1. The lowest BCUT2D eigenvalue weighted by atomic mass is 10.2. The maximum atomic E-state index is 10.7. The first-order valence-electron chi connectivity index (χ1n) is 7.77. The molecule has 8 nitrogen and oxygen atoms in total. The standard InChI is InChI=1S/C18H12N6O2/c1-12-17(10-19)22-15-4-2-3-5-16(15)23(18(22)21-12)20-11-13-6-8-14(9-7-13)24(25)26/h2-9,11H,1H3/b20-11+. The first-order valence-corrected chi connectivity index (χ1v) is 7.77. The van der Waals surface area contributed by atoms with Gasteiger partial charge in [-0.2, -0.15) is 15.0 Å². The zero-order chi connectivity index (χ0) is 18.3. The van der Waals surface area contributed by atoms with E-state index in [9.17, 15) is 15.4 Å². The average molecular weight is 344 g/mol. The Bertz CT molecular complexity index is 1220. The molecule has 0 amide bonds. The van der Waals surface area contributed by atoms with Crippen LogP contribution in [0.2, 0.25) is 0 Å². The molecule has 26 heavy (non-hydrogen) atoms. The molecule has 0 unspecified atom stereocenters. The Morgan fingerprint density at radius 2 is 1.88 bits per heavy atom. The Morgan fingerprint density at radius 1 is 1.19 bits per heavy atom. The summed E-state index contributed by atoms with van der Waals surface area (Å²) in [5.74, 6) is 0.540. The van der Waals surface area contributed by atoms with E-state index in [2.05, 4.69) is 16.2 Å². The van der Waals surface area contributed by atoms with Crippen molar-refractivity contribution in [1.29, 1.82) is 5.26 Å². The second-order valence-electron chi connectivity index (χ2n) is 5.69. The third kappa shape index (κ3) is 2.31. The lowest BCUT2D eigenvalue weighted by Crippen LogP contribution is -1.93. The second-order valence-corrected chi connectivity index (χ2v) is 5.69. The highest BCUT2D eigenvalue weighted by Crippen LogP contribution is 2.23. The molecule has 0 aliphatic heterocycles. The molecule has 0 spiro atoms. The van der Waals surface area contributed by atoms with Crippen LogP contribution in [0.4, 0.5) is 5.69 Å². The number of fused-ring (bicyclic) bond motifs is 3. The molecule has 2 aromatic heterocycles. The number of aryl methyl sites for hydroxylation is 1. The van der Waals surface area contributed by atoms with Gasteiger partial charge < -0.3 is 0 Å². The zero-order valence-electron chi connectivity index (χ0n) is 13.7. The van der Waals surface area contributed by atoms with Gasteiger partial charge in [-0.1, -0.05) is 12.1 Å². The molecule has 2 aromatic carbocycles. The summed E-state index contributed by atoms with van der Waals surface area (Å²) in [4.78, 5) is 14.8. The highest BCUT2D eigenvalue weighted by atomic mass is 16.6. The van der Waals surface area contributed by atoms with Gasteiger partial charge in [0.15, 0.2) is 0 Å². The van der Waals surface area contributed by atoms with E-state index in [1.54, 1.807) is 34.3 Å². The number of non-ortho nitro benzene ring substituents is 1. The number of benzene rings is 2. The van der Waals surface area contributed by atoms with Crippen LogP contribution in [-0.2, 0) is 0 Å². The molecule has 0 N–H and O–H groups in total. The summed E-state index contributed by atoms with van der Waals surface area (Å²) in [6.07, 6.45) is 1.60. The summed E-state index contributed by atoms with van der Waals surface area (Å²) in [7, 11) is 0. The molecule has 4 rings (SSSR count). The van der Waals surface area contributed by atoms with Crippen molar-refractivity contribution < 1.29 is 4.92 Å². The fourth-order valence-electron chi connectivity index (χ4n) is 2.88. The molecule has 8 heteroatoms. The number of nitrogens with zero attached hydrogens (tertiary/aromatic N) is 6. The molecule has 0 saturated heterocycles. The Hall–Kier alpha value is -3.99. The Balaban J connectivity index is 1.87. The van der Waals surface area contributed by atoms with Gasteiger partial charge in [0.05, 0.1) is 27.9 Å². The monoisotopic (exact) mass is 344 g/mol. The number of rotatable bonds is 3. The second kappa shape index (κ2) is 5.82. The van der Waals surface area contributed by atoms with Crippen molar-refractivity contribution in [3.05, 3.63) is 75.6 Å². The molecule has 4 aromatic rings. The summed E-state index contributed by atoms with van der Waals surface area (Å²) in [6, 6.07) is 15.9. The molecule has 0 fully saturated rings. The number of para-hydroxylation sites is 2. The van der Waals surface area contributed by atoms with Crippen LogP contribution < -0.4 is 0 Å². The van der Waals surface area contributed by atoms with Gasteiger partial charge >= 0.3 is 0 Å². The van der Waals surface area contributed by atoms with Crippen molar-refractivity contribution in [2.75, 3.05) is 0 Å². The van der Waals surface area contributed by atoms with Gasteiger partial charge in [0, 0.05) is 12.1 Å². The predicted molar refractivity (Wildman–Crippen MR) is 96.2 cm³/mol. The molecule has 0 saturated carbocycles. The van der Waals surface area contributed by atoms with Gasteiger partial charge in [-0.3, -0.25) is 14.5 Å². The van der Waals surface area contributed by atoms with Crippen LogP contribution >= 0.6 is 0 Å². The Morgan fingerprint density at radius 3 is 2.54 bits per heavy atom. The molecular weight excluding hydrogens is 332 g/mol. The fraction of sp³-hybridized carbons (Fsp3) is 0.0556. The van der Waals surface area contributed by atoms with Crippen LogP contribution in [0.3, 0.4) is 0 Å². The SMILES string of the molecule is Cc1nc2n(/N=C/c3ccc([N+](=O)[O-])cc3)c3ccccc3n2c1C#N. The van der Waals surface area contributed by atoms with Crippen LogP contribution in [0.15, 0.2) is 53.6 Å². The van der Waals surface area contributed by atoms with E-state index in [0.717, 1.165) is 16.6 Å². The van der Waals surface area contributed by atoms with Gasteiger partial charge in [0.1, 0.15) is 11.8 Å². The van der Waals surface area contributed by atoms with E-state index in [4.69, 9.17) is 0 Å². The van der Waals surface area contributed by atoms with E-state index in [1.165, 1.54) is 12.1 Å². The van der Waals surface area contributed by atoms with E-state index in [1.807, 2.05) is 24.3 Å². The molecule has 0 bridgehead atoms. The van der Waals surface area contributed by atoms with E-state index < -0.39 is 4.92 Å². The minimum absolute atomic E-state index is 0.0264. The number of imidazole rings is 2. The normalized spacial score (nSPS) is 11.4. The molecule has 126 valence electrons. The molecule has 0 radical (unpaired) electrons. The molecule has 0 aliphatic rings. The number of hydrogen-bond acceptors (Lipinski definition) is 5. The zero-order valence-corrected chi connectivity index (χ0v) is 13.7. The number of nitro benzene ring substituents is 1. The van der Waals surface area contributed by atoms with Crippen molar-refractivity contribution in [1.82, 2.24) is 14.1 Å². The summed E-state index contributed by atoms with van der Waals surface area (Å²) in [6.45, 7) is 1.78. The summed E-state index contributed by atoms with van der Waals surface area (Å²) >= 11 is 0. The van der Waals surface area contributed by atoms with Crippen LogP contribution in [0.25, 0.3) is 16.8 Å². The van der Waals surface area contributed by atoms with Crippen molar-refractivity contribution in [3.63, 3.8) is 0 Å². The van der Waals surface area contributed by atoms with Crippen molar-refractivity contribution >= 4 is 28.7 Å². The van der Waals surface area contributed by atoms with E-state index in [0.29, 0.717) is 17.2 Å². The number of hydrogen-bond donors (Lipinski definition) is 0. The smallest absolute Gasteiger partial charge is 0.266 e.